The molecule has 90 valence electrons. The minimum Gasteiger partial charge on any atom is -0.356 e. The quantitative estimate of drug-likeness (QED) is 0.883. The van der Waals surface area contributed by atoms with Gasteiger partial charge in [0.1, 0.15) is 5.82 Å². The van der Waals surface area contributed by atoms with E-state index in [-0.39, 0.29) is 5.82 Å². The monoisotopic (exact) mass is 233 g/mol. The first-order valence-corrected chi connectivity index (χ1v) is 5.68. The highest BCUT2D eigenvalue weighted by Crippen LogP contribution is 2.21. The lowest BCUT2D eigenvalue weighted by atomic mass is 10.2. The van der Waals surface area contributed by atoms with Crippen molar-refractivity contribution < 1.29 is 4.39 Å². The van der Waals surface area contributed by atoms with Crippen molar-refractivity contribution in [2.24, 2.45) is 0 Å². The number of halogens is 1. The summed E-state index contributed by atoms with van der Waals surface area (Å²) < 4.78 is 15.4. The van der Waals surface area contributed by atoms with Crippen LogP contribution in [0.25, 0.3) is 5.69 Å². The zero-order chi connectivity index (χ0) is 12.4. The highest BCUT2D eigenvalue weighted by molar-refractivity contribution is 5.48. The molecule has 2 aromatic rings. The molecule has 3 nitrogen and oxygen atoms in total. The lowest BCUT2D eigenvalue weighted by molar-refractivity contribution is 0.617. The molecule has 0 bridgehead atoms. The van der Waals surface area contributed by atoms with Crippen LogP contribution in [-0.4, -0.2) is 16.1 Å². The second-order valence-electron chi connectivity index (χ2n) is 3.99. The average molecular weight is 233 g/mol. The van der Waals surface area contributed by atoms with Gasteiger partial charge in [-0.3, -0.25) is 4.57 Å². The predicted octanol–water partition coefficient (Wildman–Crippen LogP) is 3.06. The van der Waals surface area contributed by atoms with Crippen LogP contribution in [0.5, 0.6) is 0 Å². The van der Waals surface area contributed by atoms with E-state index in [1.165, 1.54) is 6.07 Å². The Hall–Kier alpha value is -1.84. The molecule has 17 heavy (non-hydrogen) atoms. The van der Waals surface area contributed by atoms with Crippen molar-refractivity contribution in [1.29, 1.82) is 0 Å². The van der Waals surface area contributed by atoms with Gasteiger partial charge in [-0.15, -0.1) is 0 Å². The number of aryl methyl sites for hydroxylation is 1. The topological polar surface area (TPSA) is 29.9 Å². The molecule has 0 aliphatic heterocycles. The number of imidazole rings is 1. The number of hydrogen-bond acceptors (Lipinski definition) is 2. The number of nitrogens with zero attached hydrogens (tertiary/aromatic N) is 2. The number of anilines is 1. The van der Waals surface area contributed by atoms with Crippen LogP contribution in [-0.2, 0) is 0 Å². The van der Waals surface area contributed by atoms with Gasteiger partial charge in [0, 0.05) is 18.3 Å². The molecule has 4 heteroatoms. The number of nitrogens with one attached hydrogen (secondary N) is 1. The Morgan fingerprint density at radius 2 is 2.12 bits per heavy atom. The molecule has 2 rings (SSSR count). The fourth-order valence-electron chi connectivity index (χ4n) is 1.82. The summed E-state index contributed by atoms with van der Waals surface area (Å²) in [7, 11) is 0. The van der Waals surface area contributed by atoms with E-state index in [1.54, 1.807) is 13.0 Å². The van der Waals surface area contributed by atoms with E-state index in [9.17, 15) is 4.39 Å². The number of hydrogen-bond donors (Lipinski definition) is 1. The fraction of sp³-hybridized carbons (Fsp3) is 0.308. The van der Waals surface area contributed by atoms with Gasteiger partial charge in [-0.1, -0.05) is 6.07 Å². The van der Waals surface area contributed by atoms with Crippen LogP contribution in [0.2, 0.25) is 0 Å². The van der Waals surface area contributed by atoms with Gasteiger partial charge in [-0.25, -0.2) is 9.37 Å². The maximum Gasteiger partial charge on any atom is 0.207 e. The van der Waals surface area contributed by atoms with Crippen LogP contribution < -0.4 is 5.32 Å². The van der Waals surface area contributed by atoms with E-state index in [0.29, 0.717) is 5.56 Å². The van der Waals surface area contributed by atoms with Crippen LogP contribution in [0.15, 0.2) is 24.4 Å². The summed E-state index contributed by atoms with van der Waals surface area (Å²) in [5, 5.41) is 3.17. The number of aromatic nitrogens is 2. The van der Waals surface area contributed by atoms with Crippen LogP contribution in [0.4, 0.5) is 10.3 Å². The standard InChI is InChI=1S/C13H16FN3/c1-4-15-13-16-9(2)8-17(13)12-7-5-6-11(14)10(12)3/h5-8H,4H2,1-3H3,(H,15,16). The first-order chi connectivity index (χ1) is 8.13. The van der Waals surface area contributed by atoms with Crippen molar-refractivity contribution in [3.8, 4) is 5.69 Å². The molecule has 0 aliphatic rings. The van der Waals surface area contributed by atoms with E-state index < -0.39 is 0 Å². The van der Waals surface area contributed by atoms with E-state index in [1.807, 2.05) is 30.7 Å². The Morgan fingerprint density at radius 3 is 2.82 bits per heavy atom. The summed E-state index contributed by atoms with van der Waals surface area (Å²) in [5.74, 6) is 0.551. The third-order valence-corrected chi connectivity index (χ3v) is 2.66. The third kappa shape index (κ3) is 2.16. The van der Waals surface area contributed by atoms with Gasteiger partial charge in [0.25, 0.3) is 0 Å². The first kappa shape index (κ1) is 11.6. The summed E-state index contributed by atoms with van der Waals surface area (Å²) in [6.07, 6.45) is 1.90. The molecular formula is C13H16FN3. The lowest BCUT2D eigenvalue weighted by Crippen LogP contribution is -2.06. The number of benzene rings is 1. The molecule has 1 heterocycles. The molecule has 0 amide bonds. The zero-order valence-corrected chi connectivity index (χ0v) is 10.3. The van der Waals surface area contributed by atoms with Crippen LogP contribution >= 0.6 is 0 Å². The smallest absolute Gasteiger partial charge is 0.207 e. The molecule has 1 aromatic heterocycles. The van der Waals surface area contributed by atoms with Crippen molar-refractivity contribution in [3.05, 3.63) is 41.5 Å². The lowest BCUT2D eigenvalue weighted by Gasteiger charge is -2.11. The normalized spacial score (nSPS) is 10.6. The summed E-state index contributed by atoms with van der Waals surface area (Å²) >= 11 is 0. The molecule has 0 aliphatic carbocycles. The van der Waals surface area contributed by atoms with Crippen LogP contribution in [0.3, 0.4) is 0 Å². The van der Waals surface area contributed by atoms with E-state index in [0.717, 1.165) is 23.9 Å². The second kappa shape index (κ2) is 4.57. The van der Waals surface area contributed by atoms with Crippen molar-refractivity contribution >= 4 is 5.95 Å². The summed E-state index contributed by atoms with van der Waals surface area (Å²) in [6, 6.07) is 5.07. The first-order valence-electron chi connectivity index (χ1n) is 5.68. The number of rotatable bonds is 3. The molecular weight excluding hydrogens is 217 g/mol. The van der Waals surface area contributed by atoms with Crippen molar-refractivity contribution in [2.75, 3.05) is 11.9 Å². The van der Waals surface area contributed by atoms with Crippen molar-refractivity contribution in [2.45, 2.75) is 20.8 Å². The maximum atomic E-state index is 13.5. The van der Waals surface area contributed by atoms with Gasteiger partial charge < -0.3 is 5.32 Å². The summed E-state index contributed by atoms with van der Waals surface area (Å²) in [4.78, 5) is 4.38. The Bertz CT molecular complexity index is 531. The van der Waals surface area contributed by atoms with Gasteiger partial charge in [-0.05, 0) is 32.9 Å². The molecule has 0 radical (unpaired) electrons. The Kier molecular flexibility index (Phi) is 3.13. The molecule has 0 atom stereocenters. The molecule has 0 unspecified atom stereocenters. The Balaban J connectivity index is 2.55. The van der Waals surface area contributed by atoms with Gasteiger partial charge in [0.15, 0.2) is 0 Å². The molecule has 0 saturated carbocycles. The highest BCUT2D eigenvalue weighted by atomic mass is 19.1. The third-order valence-electron chi connectivity index (χ3n) is 2.66. The Morgan fingerprint density at radius 1 is 1.35 bits per heavy atom. The molecule has 1 aromatic carbocycles. The van der Waals surface area contributed by atoms with Gasteiger partial charge in [0.05, 0.1) is 11.4 Å². The van der Waals surface area contributed by atoms with Crippen LogP contribution in [0.1, 0.15) is 18.2 Å². The molecule has 1 N–H and O–H groups in total. The molecule has 0 saturated heterocycles. The SMILES string of the molecule is CCNc1nc(C)cn1-c1cccc(F)c1C. The van der Waals surface area contributed by atoms with E-state index >= 15 is 0 Å². The van der Waals surface area contributed by atoms with Crippen molar-refractivity contribution in [1.82, 2.24) is 9.55 Å². The molecule has 0 fully saturated rings. The minimum absolute atomic E-state index is 0.198. The molecule has 0 spiro atoms. The summed E-state index contributed by atoms with van der Waals surface area (Å²) in [6.45, 7) is 6.49. The maximum absolute atomic E-state index is 13.5. The zero-order valence-electron chi connectivity index (χ0n) is 10.3. The van der Waals surface area contributed by atoms with Crippen LogP contribution in [0, 0.1) is 19.7 Å². The van der Waals surface area contributed by atoms with E-state index in [2.05, 4.69) is 10.3 Å². The fourth-order valence-corrected chi connectivity index (χ4v) is 1.82. The largest absolute Gasteiger partial charge is 0.356 e. The second-order valence-corrected chi connectivity index (χ2v) is 3.99. The summed E-state index contributed by atoms with van der Waals surface area (Å²) in [5.41, 5.74) is 2.36. The predicted molar refractivity (Wildman–Crippen MR) is 67.2 cm³/mol. The van der Waals surface area contributed by atoms with Gasteiger partial charge in [-0.2, -0.15) is 0 Å². The highest BCUT2D eigenvalue weighted by Gasteiger charge is 2.10. The Labute approximate surface area is 100 Å². The van der Waals surface area contributed by atoms with Crippen molar-refractivity contribution in [3.63, 3.8) is 0 Å². The minimum atomic E-state index is -0.198. The average Bonchev–Trinajstić information content (AvgIpc) is 2.64. The van der Waals surface area contributed by atoms with E-state index in [4.69, 9.17) is 0 Å². The van der Waals surface area contributed by atoms with Gasteiger partial charge in [0.2, 0.25) is 5.95 Å². The van der Waals surface area contributed by atoms with Gasteiger partial charge >= 0.3 is 0 Å².